The number of piperazine rings is 1. The molecule has 0 radical (unpaired) electrons. The zero-order chi connectivity index (χ0) is 62.6. The Balaban J connectivity index is 0.631. The summed E-state index contributed by atoms with van der Waals surface area (Å²) < 4.78 is 33.8. The second-order valence-corrected chi connectivity index (χ2v) is 28.5. The van der Waals surface area contributed by atoms with Gasteiger partial charge in [0.2, 0.25) is 17.7 Å². The standard InChI is InChI=1S/C66H96FN11O9/c1-41(2)12-11-13-42(3)48-20-21-49-47-19-16-44-34-46(22-25-65(44,9)50(47)23-26-66(48,49)10)87-58(81)36-53(59(68)82)70-56(79)24-30-85-32-33-86-31-27-69-57(80)39-76-37-55(72-74-76)61(83)75-28-29-77(64(7,8)40-75)62(84)54-38-78-60(71-54)51(63(4,5)6)35-52(73-78)43-14-17-45(67)18-15-43/h14-15,17-18,35,37-38,41-42,44,46-50,53H,11-13,16,19-34,36,39-40H2,1-10H3,(H2,68,82)(H,69,80)(H,70,79)/t42-,44?,46+,47?,48-,49?,50?,53+,65+,66-/m1/s1. The van der Waals surface area contributed by atoms with Gasteiger partial charge in [0.25, 0.3) is 11.8 Å². The molecule has 0 spiro atoms. The third-order valence-electron chi connectivity index (χ3n) is 20.7. The van der Waals surface area contributed by atoms with E-state index in [0.29, 0.717) is 22.7 Å². The molecule has 20 nitrogen and oxygen atoms in total. The zero-order valence-corrected chi connectivity index (χ0v) is 53.2. The number of amides is 5. The number of primary amides is 1. The van der Waals surface area contributed by atoms with E-state index in [1.807, 2.05) is 40.7 Å². The van der Waals surface area contributed by atoms with Crippen LogP contribution in [-0.2, 0) is 45.3 Å². The van der Waals surface area contributed by atoms with Crippen LogP contribution in [0.4, 0.5) is 4.39 Å². The Morgan fingerprint density at radius 3 is 2.25 bits per heavy atom. The van der Waals surface area contributed by atoms with E-state index >= 15 is 0 Å². The molecule has 87 heavy (non-hydrogen) atoms. The largest absolute Gasteiger partial charge is 0.462 e. The first-order valence-corrected chi connectivity index (χ1v) is 32.1. The van der Waals surface area contributed by atoms with Gasteiger partial charge in [-0.05, 0) is 160 Å². The fourth-order valence-corrected chi connectivity index (χ4v) is 16.1. The number of halogens is 1. The molecule has 1 aromatic carbocycles. The number of carbonyl (C=O) groups is 6. The molecule has 4 N–H and O–H groups in total. The molecule has 4 heterocycles. The number of nitrogens with one attached hydrogen (secondary N) is 2. The van der Waals surface area contributed by atoms with Gasteiger partial charge in [-0.25, -0.2) is 18.6 Å². The Hall–Kier alpha value is -6.35. The maximum atomic E-state index is 14.1. The highest BCUT2D eigenvalue weighted by atomic mass is 19.1. The lowest BCUT2D eigenvalue weighted by Crippen LogP contribution is -2.62. The topological polar surface area (TPSA) is 248 Å². The van der Waals surface area contributed by atoms with Crippen molar-refractivity contribution in [3.63, 3.8) is 0 Å². The van der Waals surface area contributed by atoms with Gasteiger partial charge in [-0.3, -0.25) is 28.8 Å². The lowest BCUT2D eigenvalue weighted by Gasteiger charge is -2.61. The molecular formula is C66H96FN11O9. The molecule has 5 amide bonds. The quantitative estimate of drug-likeness (QED) is 0.0439. The van der Waals surface area contributed by atoms with E-state index in [9.17, 15) is 33.2 Å². The molecule has 10 atom stereocenters. The molecule has 5 aliphatic rings. The number of rotatable bonds is 24. The van der Waals surface area contributed by atoms with Crippen LogP contribution in [-0.4, -0.2) is 145 Å². The van der Waals surface area contributed by atoms with Crippen LogP contribution in [0.5, 0.6) is 0 Å². The van der Waals surface area contributed by atoms with Crippen molar-refractivity contribution in [1.29, 1.82) is 0 Å². The summed E-state index contributed by atoms with van der Waals surface area (Å²) in [7, 11) is 0. The van der Waals surface area contributed by atoms with E-state index in [1.165, 1.54) is 80.8 Å². The van der Waals surface area contributed by atoms with Gasteiger partial charge in [-0.1, -0.05) is 79.9 Å². The van der Waals surface area contributed by atoms with Gasteiger partial charge in [0.05, 0.1) is 56.5 Å². The first-order valence-electron chi connectivity index (χ1n) is 32.1. The molecule has 3 aromatic heterocycles. The number of carbonyl (C=O) groups excluding carboxylic acids is 6. The molecule has 1 saturated heterocycles. The Kier molecular flexibility index (Phi) is 20.3. The van der Waals surface area contributed by atoms with Crippen LogP contribution in [0.15, 0.2) is 42.7 Å². The lowest BCUT2D eigenvalue weighted by atomic mass is 9.44. The number of esters is 1. The van der Waals surface area contributed by atoms with Crippen molar-refractivity contribution in [3.8, 4) is 11.3 Å². The summed E-state index contributed by atoms with van der Waals surface area (Å²) in [6.07, 6.45) is 17.0. The molecule has 4 saturated carbocycles. The second kappa shape index (κ2) is 27.2. The minimum absolute atomic E-state index is 0.0459. The van der Waals surface area contributed by atoms with Crippen LogP contribution in [0.3, 0.4) is 0 Å². The summed E-state index contributed by atoms with van der Waals surface area (Å²) >= 11 is 0. The first kappa shape index (κ1) is 65.1. The van der Waals surface area contributed by atoms with Crippen LogP contribution in [0.2, 0.25) is 0 Å². The SMILES string of the molecule is CC(C)CCC[C@@H](C)[C@H]1CCC2C3CCC4C[C@@H](OC(=O)C[C@H](NC(=O)CCOCCOCCNC(=O)Cn5cc(C(=O)N6CCN(C(=O)c7cn8nc(-c9ccc(F)cc9)cc(C(C)(C)C)c8n7)C(C)(C)C6)nn5)C(N)=O)CC[C@]4(C)C3CC[C@@]21C. The highest BCUT2D eigenvalue weighted by Gasteiger charge is 2.61. The van der Waals surface area contributed by atoms with Crippen LogP contribution in [0.25, 0.3) is 16.9 Å². The highest BCUT2D eigenvalue weighted by Crippen LogP contribution is 2.68. The molecule has 1 aliphatic heterocycles. The highest BCUT2D eigenvalue weighted by molar-refractivity contribution is 5.95. The predicted molar refractivity (Wildman–Crippen MR) is 326 cm³/mol. The van der Waals surface area contributed by atoms with E-state index in [2.05, 4.69) is 55.6 Å². The van der Waals surface area contributed by atoms with Crippen molar-refractivity contribution in [2.75, 3.05) is 52.6 Å². The molecular weight excluding hydrogens is 1110 g/mol. The number of ether oxygens (including phenoxy) is 3. The molecule has 4 aliphatic carbocycles. The van der Waals surface area contributed by atoms with E-state index in [1.54, 1.807) is 32.6 Å². The van der Waals surface area contributed by atoms with Crippen molar-refractivity contribution in [2.24, 2.45) is 58.0 Å². The second-order valence-electron chi connectivity index (χ2n) is 28.5. The van der Waals surface area contributed by atoms with Crippen molar-refractivity contribution in [1.82, 2.24) is 50.0 Å². The number of nitrogens with zero attached hydrogens (tertiary/aromatic N) is 8. The minimum Gasteiger partial charge on any atom is -0.462 e. The van der Waals surface area contributed by atoms with Gasteiger partial charge in [0.1, 0.15) is 30.2 Å². The number of benzene rings is 1. The normalized spacial score (nSPS) is 25.9. The smallest absolute Gasteiger partial charge is 0.308 e. The Labute approximate surface area is 512 Å². The molecule has 9 rings (SSSR count). The average molecular weight is 1210 g/mol. The van der Waals surface area contributed by atoms with Crippen molar-refractivity contribution in [2.45, 2.75) is 189 Å². The summed E-state index contributed by atoms with van der Waals surface area (Å²) in [5, 5.41) is 18.1. The Morgan fingerprint density at radius 1 is 0.816 bits per heavy atom. The van der Waals surface area contributed by atoms with Crippen LogP contribution in [0, 0.1) is 58.1 Å². The van der Waals surface area contributed by atoms with Crippen LogP contribution >= 0.6 is 0 Å². The monoisotopic (exact) mass is 1210 g/mol. The number of hydrogen-bond donors (Lipinski definition) is 3. The maximum absolute atomic E-state index is 14.1. The van der Waals surface area contributed by atoms with Crippen LogP contribution < -0.4 is 16.4 Å². The van der Waals surface area contributed by atoms with Gasteiger partial charge in [0, 0.05) is 43.7 Å². The Morgan fingerprint density at radius 2 is 1.54 bits per heavy atom. The van der Waals surface area contributed by atoms with Crippen molar-refractivity contribution >= 4 is 41.2 Å². The third kappa shape index (κ3) is 15.0. The minimum atomic E-state index is -1.20. The molecule has 4 unspecified atom stereocenters. The van der Waals surface area contributed by atoms with Gasteiger partial charge in [-0.2, -0.15) is 5.10 Å². The molecule has 476 valence electrons. The van der Waals surface area contributed by atoms with Gasteiger partial charge >= 0.3 is 5.97 Å². The predicted octanol–water partition coefficient (Wildman–Crippen LogP) is 8.73. The summed E-state index contributed by atoms with van der Waals surface area (Å²) in [4.78, 5) is 87.2. The zero-order valence-electron chi connectivity index (χ0n) is 53.2. The van der Waals surface area contributed by atoms with E-state index < -0.39 is 29.4 Å². The van der Waals surface area contributed by atoms with Gasteiger partial charge in [-0.15, -0.1) is 5.10 Å². The number of fused-ring (bicyclic) bond motifs is 6. The van der Waals surface area contributed by atoms with E-state index in [0.717, 1.165) is 65.9 Å². The van der Waals surface area contributed by atoms with Gasteiger partial charge < -0.3 is 40.4 Å². The van der Waals surface area contributed by atoms with Crippen LogP contribution in [0.1, 0.15) is 186 Å². The summed E-state index contributed by atoms with van der Waals surface area (Å²) in [5.74, 6) is 1.98. The van der Waals surface area contributed by atoms with E-state index in [-0.39, 0.29) is 124 Å². The van der Waals surface area contributed by atoms with E-state index in [4.69, 9.17) is 30.0 Å². The number of aromatic nitrogens is 6. The third-order valence-corrected chi connectivity index (χ3v) is 20.7. The Bertz CT molecular complexity index is 3100. The number of nitrogens with two attached hydrogens (primary N) is 1. The molecule has 21 heteroatoms. The summed E-state index contributed by atoms with van der Waals surface area (Å²) in [5.41, 5.74) is 8.23. The molecule has 0 bridgehead atoms. The van der Waals surface area contributed by atoms with Crippen molar-refractivity contribution < 1.29 is 47.4 Å². The fraction of sp³-hybridized carbons (Fsp3) is 0.697. The summed E-state index contributed by atoms with van der Waals surface area (Å²) in [6.45, 7) is 23.5. The number of hydrogen-bond acceptors (Lipinski definition) is 13. The maximum Gasteiger partial charge on any atom is 0.308 e. The van der Waals surface area contributed by atoms with Gasteiger partial charge in [0.15, 0.2) is 11.3 Å². The molecule has 4 aromatic rings. The van der Waals surface area contributed by atoms with Crippen molar-refractivity contribution in [3.05, 3.63) is 65.5 Å². The first-order chi connectivity index (χ1) is 41.2. The lowest BCUT2D eigenvalue weighted by molar-refractivity contribution is -0.163. The average Bonchev–Trinajstić information content (AvgIpc) is 1.72. The summed E-state index contributed by atoms with van der Waals surface area (Å²) in [6, 6.07) is 6.82. The fourth-order valence-electron chi connectivity index (χ4n) is 16.1. The molecule has 5 fully saturated rings. The number of imidazole rings is 1.